The van der Waals surface area contributed by atoms with Gasteiger partial charge in [-0.2, -0.15) is 0 Å². The van der Waals surface area contributed by atoms with Crippen molar-refractivity contribution >= 4 is 31.5 Å². The lowest BCUT2D eigenvalue weighted by atomic mass is 10.0. The van der Waals surface area contributed by atoms with Gasteiger partial charge in [-0.25, -0.2) is 0 Å². The highest BCUT2D eigenvalue weighted by Crippen LogP contribution is 2.21. The predicted molar refractivity (Wildman–Crippen MR) is 102 cm³/mol. The van der Waals surface area contributed by atoms with Crippen LogP contribution in [0, 0.1) is 5.92 Å². The zero-order valence-electron chi connectivity index (χ0n) is 13.4. The molecule has 2 nitrogen and oxygen atoms in total. The first-order chi connectivity index (χ1) is 11.3. The molecule has 2 aromatic carbocycles. The molecule has 114 valence electrons. The number of nitrogens with one attached hydrogen (secondary N) is 1. The van der Waals surface area contributed by atoms with E-state index in [9.17, 15) is 0 Å². The molecule has 3 rings (SSSR count). The molecule has 3 heteroatoms. The molecule has 0 radical (unpaired) electrons. The van der Waals surface area contributed by atoms with Gasteiger partial charge < -0.3 is 4.30 Å². The average molecular weight is 316 g/mol. The lowest BCUT2D eigenvalue weighted by molar-refractivity contribution is 0.974. The smallest absolute Gasteiger partial charge is 0.409 e. The average Bonchev–Trinajstić information content (AvgIpc) is 2.58. The standard InChI is InChI=1S/C13H12N.C6H6N.CH3.Al/c1-11-7-5-6-10-13(11)14-12-8-3-2-4-9-12;7-6-4-2-1-3-5-6;;/h2-11H,1H2;1-5,7H;1H3;/q;-1;;+1. The molecule has 0 saturated carbocycles. The molecule has 0 bridgehead atoms. The van der Waals surface area contributed by atoms with Gasteiger partial charge in [0.2, 0.25) is 0 Å². The van der Waals surface area contributed by atoms with E-state index < -0.39 is 14.4 Å². The van der Waals surface area contributed by atoms with Gasteiger partial charge in [0.25, 0.3) is 0 Å². The van der Waals surface area contributed by atoms with Gasteiger partial charge in [-0.05, 0) is 30.3 Å². The second-order valence-corrected chi connectivity index (χ2v) is 8.43. The Balaban J connectivity index is 1.69. The maximum absolute atomic E-state index is 4.83. The van der Waals surface area contributed by atoms with Gasteiger partial charge in [-0.1, -0.05) is 65.7 Å². The summed E-state index contributed by atoms with van der Waals surface area (Å²) in [5, 5.41) is 1.15. The Kier molecular flexibility index (Phi) is 5.47. The number of allylic oxidation sites excluding steroid dienone is 4. The molecule has 23 heavy (non-hydrogen) atoms. The minimum absolute atomic E-state index is 0.401. The van der Waals surface area contributed by atoms with Crippen LogP contribution in [-0.2, 0) is 0 Å². The highest BCUT2D eigenvalue weighted by atomic mass is 27.2. The molecule has 1 N–H and O–H groups in total. The number of nitrogens with zero attached hydrogens (tertiary/aromatic N) is 1. The predicted octanol–water partition coefficient (Wildman–Crippen LogP) is 5.23. The monoisotopic (exact) mass is 316 g/mol. The summed E-state index contributed by atoms with van der Waals surface area (Å²) >= 11 is -1.06. The van der Waals surface area contributed by atoms with Crippen molar-refractivity contribution in [3.05, 3.63) is 85.0 Å². The first-order valence-electron chi connectivity index (χ1n) is 8.11. The van der Waals surface area contributed by atoms with E-state index in [1.54, 1.807) is 0 Å². The van der Waals surface area contributed by atoms with Gasteiger partial charge in [0.05, 0.1) is 5.69 Å². The van der Waals surface area contributed by atoms with Gasteiger partial charge in [0.15, 0.2) is 0 Å². The van der Waals surface area contributed by atoms with Crippen molar-refractivity contribution in [1.82, 2.24) is 0 Å². The Hall–Kier alpha value is -2.08. The molecule has 0 fully saturated rings. The van der Waals surface area contributed by atoms with E-state index in [0.29, 0.717) is 5.92 Å². The summed E-state index contributed by atoms with van der Waals surface area (Å²) in [5.74, 6) is 2.76. The number of anilines is 1. The normalized spacial score (nSPS) is 18.1. The zero-order valence-corrected chi connectivity index (χ0v) is 14.5. The number of benzene rings is 2. The van der Waals surface area contributed by atoms with Crippen LogP contribution in [0.2, 0.25) is 11.1 Å². The fourth-order valence-corrected chi connectivity index (χ4v) is 4.84. The summed E-state index contributed by atoms with van der Waals surface area (Å²) in [6, 6.07) is 20.7. The minimum atomic E-state index is -1.06. The molecular weight excluding hydrogens is 295 g/mol. The molecule has 0 spiro atoms. The van der Waals surface area contributed by atoms with E-state index in [-0.39, 0.29) is 0 Å². The fourth-order valence-electron chi connectivity index (χ4n) is 2.80. The van der Waals surface area contributed by atoms with Crippen molar-refractivity contribution in [1.29, 1.82) is 0 Å². The third kappa shape index (κ3) is 4.69. The lowest BCUT2D eigenvalue weighted by Gasteiger charge is -2.19. The third-order valence-corrected chi connectivity index (χ3v) is 5.95. The Bertz CT molecular complexity index is 705. The molecule has 0 aliphatic heterocycles. The Labute approximate surface area is 142 Å². The van der Waals surface area contributed by atoms with Crippen LogP contribution in [-0.4, -0.2) is 20.1 Å². The summed E-state index contributed by atoms with van der Waals surface area (Å²) in [6.07, 6.45) is 8.63. The van der Waals surface area contributed by atoms with Crippen LogP contribution in [0.1, 0.15) is 0 Å². The molecule has 1 aliphatic rings. The molecule has 1 atom stereocenters. The second kappa shape index (κ2) is 7.97. The van der Waals surface area contributed by atoms with Crippen LogP contribution in [0.4, 0.5) is 11.4 Å². The molecule has 0 heterocycles. The number of para-hydroxylation sites is 2. The van der Waals surface area contributed by atoms with Crippen molar-refractivity contribution in [2.75, 3.05) is 4.30 Å². The lowest BCUT2D eigenvalue weighted by Crippen LogP contribution is -2.26. The quantitative estimate of drug-likeness (QED) is 0.750. The highest BCUT2D eigenvalue weighted by molar-refractivity contribution is 6.61. The fraction of sp³-hybridized carbons (Fsp3) is 0.150. The molecule has 1 aliphatic carbocycles. The van der Waals surface area contributed by atoms with E-state index >= 15 is 0 Å². The third-order valence-electron chi connectivity index (χ3n) is 3.91. The van der Waals surface area contributed by atoms with Crippen molar-refractivity contribution in [3.8, 4) is 0 Å². The van der Waals surface area contributed by atoms with Gasteiger partial charge in [0.1, 0.15) is 0 Å². The summed E-state index contributed by atoms with van der Waals surface area (Å²) < 4.78 is 3.70. The topological polar surface area (TPSA) is 24.4 Å². The van der Waals surface area contributed by atoms with Crippen LogP contribution in [0.5, 0.6) is 0 Å². The van der Waals surface area contributed by atoms with E-state index in [0.717, 1.165) is 16.7 Å². The van der Waals surface area contributed by atoms with E-state index in [1.165, 1.54) is 5.69 Å². The molecule has 2 aromatic rings. The maximum atomic E-state index is 4.83. The summed E-state index contributed by atoms with van der Waals surface area (Å²) in [6.45, 7) is 0. The van der Waals surface area contributed by atoms with Crippen LogP contribution < -0.4 is 4.30 Å². The maximum Gasteiger partial charge on any atom is 0.409 e. The first kappa shape index (κ1) is 15.8. The van der Waals surface area contributed by atoms with Gasteiger partial charge in [-0.15, -0.1) is 0 Å². The van der Waals surface area contributed by atoms with Crippen LogP contribution in [0.25, 0.3) is 0 Å². The SMILES string of the molecule is [CH3][Al]([CH2]C1C=CC=CC1=Nc1ccccc1)[NH]c1ccccc1. The number of hydrogen-bond acceptors (Lipinski definition) is 2. The second-order valence-electron chi connectivity index (χ2n) is 5.87. The van der Waals surface area contributed by atoms with Crippen molar-refractivity contribution < 1.29 is 0 Å². The Morgan fingerprint density at radius 3 is 2.39 bits per heavy atom. The van der Waals surface area contributed by atoms with Gasteiger partial charge in [-0.3, -0.25) is 4.99 Å². The van der Waals surface area contributed by atoms with Gasteiger partial charge in [0, 0.05) is 17.3 Å². The minimum Gasteiger partial charge on any atom is -0.476 e. The van der Waals surface area contributed by atoms with E-state index in [4.69, 9.17) is 4.99 Å². The van der Waals surface area contributed by atoms with Crippen molar-refractivity contribution in [2.24, 2.45) is 10.9 Å². The van der Waals surface area contributed by atoms with Crippen LogP contribution >= 0.6 is 0 Å². The Morgan fingerprint density at radius 2 is 1.65 bits per heavy atom. The number of aliphatic imine (C=N–C) groups is 1. The molecule has 0 amide bonds. The van der Waals surface area contributed by atoms with Crippen molar-refractivity contribution in [3.63, 3.8) is 0 Å². The molecule has 1 unspecified atom stereocenters. The number of hydrogen-bond donors (Lipinski definition) is 1. The van der Waals surface area contributed by atoms with Gasteiger partial charge >= 0.3 is 14.4 Å². The molecule has 0 saturated heterocycles. The summed E-state index contributed by atoms with van der Waals surface area (Å²) in [4.78, 5) is 4.83. The summed E-state index contributed by atoms with van der Waals surface area (Å²) in [7, 11) is 0. The van der Waals surface area contributed by atoms with E-state index in [2.05, 4.69) is 76.9 Å². The molecular formula is C20H21AlN2. The molecule has 0 aromatic heterocycles. The largest absolute Gasteiger partial charge is 0.476 e. The first-order valence-corrected chi connectivity index (χ1v) is 10.7. The van der Waals surface area contributed by atoms with Crippen LogP contribution in [0.3, 0.4) is 0 Å². The van der Waals surface area contributed by atoms with E-state index in [1.807, 2.05) is 18.2 Å². The highest BCUT2D eigenvalue weighted by Gasteiger charge is 2.21. The van der Waals surface area contributed by atoms with Crippen LogP contribution in [0.15, 0.2) is 90.0 Å². The van der Waals surface area contributed by atoms with Crippen molar-refractivity contribution in [2.45, 2.75) is 11.1 Å². The zero-order chi connectivity index (χ0) is 15.9. The summed E-state index contributed by atoms with van der Waals surface area (Å²) in [5.41, 5.74) is 3.41. The Morgan fingerprint density at radius 1 is 0.957 bits per heavy atom. The number of rotatable bonds is 5.